The van der Waals surface area contributed by atoms with Gasteiger partial charge in [-0.3, -0.25) is 19.7 Å². The van der Waals surface area contributed by atoms with E-state index in [1.807, 2.05) is 0 Å². The van der Waals surface area contributed by atoms with E-state index >= 15 is 0 Å². The zero-order valence-electron chi connectivity index (χ0n) is 12.5. The van der Waals surface area contributed by atoms with Crippen molar-refractivity contribution in [1.82, 2.24) is 0 Å². The van der Waals surface area contributed by atoms with Crippen LogP contribution < -0.4 is 0 Å². The molecule has 0 bridgehead atoms. The highest BCUT2D eigenvalue weighted by molar-refractivity contribution is 6.11. The van der Waals surface area contributed by atoms with Crippen molar-refractivity contribution in [2.75, 3.05) is 6.61 Å². The number of ketones is 1. The van der Waals surface area contributed by atoms with Crippen LogP contribution in [-0.4, -0.2) is 23.3 Å². The lowest BCUT2D eigenvalue weighted by Gasteiger charge is -2.07. The molecule has 6 heteroatoms. The SMILES string of the molecule is CCOC(=O)Cc1cccc(C(=O)c2ccccc2)c1[N+](=O)[O-]. The zero-order valence-corrected chi connectivity index (χ0v) is 12.5. The van der Waals surface area contributed by atoms with E-state index in [0.717, 1.165) is 0 Å². The lowest BCUT2D eigenvalue weighted by Crippen LogP contribution is -2.12. The summed E-state index contributed by atoms with van der Waals surface area (Å²) in [5.74, 6) is -1.03. The molecule has 0 aromatic heterocycles. The van der Waals surface area contributed by atoms with Gasteiger partial charge in [0.05, 0.1) is 18.0 Å². The number of esters is 1. The number of nitro groups is 1. The number of nitrogens with zero attached hydrogens (tertiary/aromatic N) is 1. The predicted octanol–water partition coefficient (Wildman–Crippen LogP) is 2.93. The maximum absolute atomic E-state index is 12.5. The molecular weight excluding hydrogens is 298 g/mol. The van der Waals surface area contributed by atoms with Gasteiger partial charge in [0.15, 0.2) is 5.78 Å². The molecule has 0 saturated heterocycles. The lowest BCUT2D eigenvalue weighted by atomic mass is 9.97. The van der Waals surface area contributed by atoms with Crippen LogP contribution in [0.3, 0.4) is 0 Å². The number of benzene rings is 2. The maximum Gasteiger partial charge on any atom is 0.310 e. The number of hydrogen-bond acceptors (Lipinski definition) is 5. The molecule has 0 aliphatic rings. The average molecular weight is 313 g/mol. The van der Waals surface area contributed by atoms with Gasteiger partial charge in [-0.05, 0) is 13.0 Å². The van der Waals surface area contributed by atoms with Gasteiger partial charge in [0.1, 0.15) is 5.56 Å². The fraction of sp³-hybridized carbons (Fsp3) is 0.176. The molecule has 0 fully saturated rings. The van der Waals surface area contributed by atoms with Crippen LogP contribution in [-0.2, 0) is 16.0 Å². The molecule has 23 heavy (non-hydrogen) atoms. The van der Waals surface area contributed by atoms with E-state index in [1.165, 1.54) is 18.2 Å². The van der Waals surface area contributed by atoms with Crippen molar-refractivity contribution in [2.45, 2.75) is 13.3 Å². The maximum atomic E-state index is 12.5. The van der Waals surface area contributed by atoms with Crippen LogP contribution in [0, 0.1) is 10.1 Å². The van der Waals surface area contributed by atoms with Gasteiger partial charge in [-0.15, -0.1) is 0 Å². The first-order valence-corrected chi connectivity index (χ1v) is 7.06. The van der Waals surface area contributed by atoms with E-state index in [0.29, 0.717) is 5.56 Å². The van der Waals surface area contributed by atoms with Crippen molar-refractivity contribution in [1.29, 1.82) is 0 Å². The molecule has 0 saturated carbocycles. The molecule has 6 nitrogen and oxygen atoms in total. The summed E-state index contributed by atoms with van der Waals surface area (Å²) in [6.45, 7) is 1.84. The second-order valence-corrected chi connectivity index (χ2v) is 4.75. The first-order chi connectivity index (χ1) is 11.0. The summed E-state index contributed by atoms with van der Waals surface area (Å²) in [7, 11) is 0. The number of carbonyl (C=O) groups excluding carboxylic acids is 2. The Hall–Kier alpha value is -3.02. The van der Waals surface area contributed by atoms with E-state index in [4.69, 9.17) is 4.74 Å². The monoisotopic (exact) mass is 313 g/mol. The van der Waals surface area contributed by atoms with Crippen molar-refractivity contribution in [3.05, 3.63) is 75.3 Å². The van der Waals surface area contributed by atoms with Crippen LogP contribution in [0.5, 0.6) is 0 Å². The average Bonchev–Trinajstić information content (AvgIpc) is 2.54. The Morgan fingerprint density at radius 1 is 1.09 bits per heavy atom. The van der Waals surface area contributed by atoms with Crippen molar-refractivity contribution in [2.24, 2.45) is 0 Å². The molecule has 2 aromatic rings. The summed E-state index contributed by atoms with van der Waals surface area (Å²) in [6.07, 6.45) is -0.250. The molecule has 0 heterocycles. The first-order valence-electron chi connectivity index (χ1n) is 7.06. The topological polar surface area (TPSA) is 86.5 Å². The molecule has 0 N–H and O–H groups in total. The summed E-state index contributed by atoms with van der Waals surface area (Å²) in [5, 5.41) is 11.4. The Morgan fingerprint density at radius 2 is 1.78 bits per heavy atom. The molecule has 2 aromatic carbocycles. The molecule has 0 radical (unpaired) electrons. The van der Waals surface area contributed by atoms with Gasteiger partial charge in [-0.1, -0.05) is 42.5 Å². The number of nitro benzene ring substituents is 1. The lowest BCUT2D eigenvalue weighted by molar-refractivity contribution is -0.385. The van der Waals surface area contributed by atoms with E-state index in [9.17, 15) is 19.7 Å². The molecule has 118 valence electrons. The third-order valence-electron chi connectivity index (χ3n) is 3.22. The summed E-state index contributed by atoms with van der Waals surface area (Å²) in [6, 6.07) is 12.7. The number of carbonyl (C=O) groups is 2. The fourth-order valence-electron chi connectivity index (χ4n) is 2.25. The van der Waals surface area contributed by atoms with Gasteiger partial charge in [0, 0.05) is 11.1 Å². The summed E-state index contributed by atoms with van der Waals surface area (Å²) >= 11 is 0. The van der Waals surface area contributed by atoms with Crippen molar-refractivity contribution in [3.63, 3.8) is 0 Å². The molecule has 0 atom stereocenters. The molecule has 2 rings (SSSR count). The fourth-order valence-corrected chi connectivity index (χ4v) is 2.25. The van der Waals surface area contributed by atoms with Crippen LogP contribution in [0.1, 0.15) is 28.4 Å². The summed E-state index contributed by atoms with van der Waals surface area (Å²) in [4.78, 5) is 34.9. The van der Waals surface area contributed by atoms with Crippen LogP contribution >= 0.6 is 0 Å². The van der Waals surface area contributed by atoms with Crippen molar-refractivity contribution in [3.8, 4) is 0 Å². The second kappa shape index (κ2) is 7.31. The van der Waals surface area contributed by atoms with Gasteiger partial charge in [0.25, 0.3) is 5.69 Å². The van der Waals surface area contributed by atoms with Crippen molar-refractivity contribution < 1.29 is 19.2 Å². The third kappa shape index (κ3) is 3.79. The normalized spacial score (nSPS) is 10.1. The minimum absolute atomic E-state index is 0.0389. The Labute approximate surface area is 132 Å². The Kier molecular flexibility index (Phi) is 5.19. The molecular formula is C17H15NO5. The largest absolute Gasteiger partial charge is 0.466 e. The van der Waals surface area contributed by atoms with E-state index in [-0.39, 0.29) is 29.8 Å². The number of para-hydroxylation sites is 1. The molecule has 0 aliphatic heterocycles. The molecule has 0 aliphatic carbocycles. The van der Waals surface area contributed by atoms with E-state index in [1.54, 1.807) is 37.3 Å². The Bertz CT molecular complexity index is 740. The summed E-state index contributed by atoms with van der Waals surface area (Å²) < 4.78 is 4.82. The number of ether oxygens (including phenoxy) is 1. The highest BCUT2D eigenvalue weighted by atomic mass is 16.6. The second-order valence-electron chi connectivity index (χ2n) is 4.75. The molecule has 0 unspecified atom stereocenters. The smallest absolute Gasteiger partial charge is 0.310 e. The van der Waals surface area contributed by atoms with Gasteiger partial charge in [0.2, 0.25) is 0 Å². The zero-order chi connectivity index (χ0) is 16.8. The quantitative estimate of drug-likeness (QED) is 0.354. The highest BCUT2D eigenvalue weighted by Gasteiger charge is 2.26. The standard InChI is InChI=1S/C17H15NO5/c1-2-23-15(19)11-13-9-6-10-14(16(13)18(21)22)17(20)12-7-4-3-5-8-12/h3-10H,2,11H2,1H3. The highest BCUT2D eigenvalue weighted by Crippen LogP contribution is 2.27. The van der Waals surface area contributed by atoms with Gasteiger partial charge < -0.3 is 4.74 Å². The minimum Gasteiger partial charge on any atom is -0.466 e. The number of rotatable bonds is 6. The Morgan fingerprint density at radius 3 is 2.39 bits per heavy atom. The molecule has 0 amide bonds. The van der Waals surface area contributed by atoms with Gasteiger partial charge in [-0.25, -0.2) is 0 Å². The van der Waals surface area contributed by atoms with Crippen LogP contribution in [0.2, 0.25) is 0 Å². The van der Waals surface area contributed by atoms with Crippen LogP contribution in [0.15, 0.2) is 48.5 Å². The summed E-state index contributed by atoms with van der Waals surface area (Å²) in [5.41, 5.74) is 0.122. The van der Waals surface area contributed by atoms with Gasteiger partial charge >= 0.3 is 5.97 Å². The van der Waals surface area contributed by atoms with E-state index in [2.05, 4.69) is 0 Å². The van der Waals surface area contributed by atoms with Crippen LogP contribution in [0.25, 0.3) is 0 Å². The Balaban J connectivity index is 2.46. The predicted molar refractivity (Wildman–Crippen MR) is 83.3 cm³/mol. The van der Waals surface area contributed by atoms with Crippen molar-refractivity contribution >= 4 is 17.4 Å². The minimum atomic E-state index is -0.634. The molecule has 0 spiro atoms. The number of hydrogen-bond donors (Lipinski definition) is 0. The third-order valence-corrected chi connectivity index (χ3v) is 3.22. The van der Waals surface area contributed by atoms with E-state index < -0.39 is 16.7 Å². The van der Waals surface area contributed by atoms with Gasteiger partial charge in [-0.2, -0.15) is 0 Å². The first kappa shape index (κ1) is 16.4. The van der Waals surface area contributed by atoms with Crippen LogP contribution in [0.4, 0.5) is 5.69 Å².